The summed E-state index contributed by atoms with van der Waals surface area (Å²) in [5, 5.41) is 0. The summed E-state index contributed by atoms with van der Waals surface area (Å²) in [5.41, 5.74) is 8.04. The van der Waals surface area contributed by atoms with Crippen LogP contribution in [0.1, 0.15) is 68.4 Å². The van der Waals surface area contributed by atoms with Crippen molar-refractivity contribution < 1.29 is 0 Å². The van der Waals surface area contributed by atoms with E-state index in [0.717, 1.165) is 0 Å². The number of benzene rings is 1. The Labute approximate surface area is 107 Å². The Balaban J connectivity index is 3.36. The zero-order chi connectivity index (χ0) is 12.8. The van der Waals surface area contributed by atoms with Gasteiger partial charge in [0.25, 0.3) is 0 Å². The van der Waals surface area contributed by atoms with Gasteiger partial charge in [-0.3, -0.25) is 0 Å². The molecule has 96 valence electrons. The fraction of sp³-hybridized carbons (Fsp3) is 0.647. The third-order valence-electron chi connectivity index (χ3n) is 3.71. The lowest BCUT2D eigenvalue weighted by Crippen LogP contribution is -2.06. The topological polar surface area (TPSA) is 0 Å². The van der Waals surface area contributed by atoms with E-state index in [4.69, 9.17) is 0 Å². The quantitative estimate of drug-likeness (QED) is 0.645. The highest BCUT2D eigenvalue weighted by atomic mass is 14.2. The first kappa shape index (κ1) is 14.3. The molecule has 0 unspecified atom stereocenters. The Kier molecular flexibility index (Phi) is 5.74. The molecule has 0 aliphatic heterocycles. The van der Waals surface area contributed by atoms with Crippen molar-refractivity contribution >= 4 is 0 Å². The Morgan fingerprint density at radius 1 is 0.765 bits per heavy atom. The number of aryl methyl sites for hydroxylation is 2. The SMILES string of the molecule is CCCc1cc(C)c(CC)c(CC)c1CCC. The van der Waals surface area contributed by atoms with Crippen molar-refractivity contribution in [3.63, 3.8) is 0 Å². The van der Waals surface area contributed by atoms with Crippen LogP contribution in [0.25, 0.3) is 0 Å². The van der Waals surface area contributed by atoms with E-state index < -0.39 is 0 Å². The van der Waals surface area contributed by atoms with Gasteiger partial charge in [0.05, 0.1) is 0 Å². The molecular formula is C17H28. The third-order valence-corrected chi connectivity index (χ3v) is 3.71. The predicted molar refractivity (Wildman–Crippen MR) is 77.9 cm³/mol. The number of hydrogen-bond acceptors (Lipinski definition) is 0. The molecule has 0 saturated heterocycles. The summed E-state index contributed by atoms with van der Waals surface area (Å²) in [5.74, 6) is 0. The molecule has 0 spiro atoms. The molecule has 0 aliphatic carbocycles. The van der Waals surface area contributed by atoms with E-state index in [1.807, 2.05) is 0 Å². The molecule has 0 heteroatoms. The van der Waals surface area contributed by atoms with Crippen molar-refractivity contribution in [2.75, 3.05) is 0 Å². The van der Waals surface area contributed by atoms with Gasteiger partial charge in [-0.25, -0.2) is 0 Å². The number of hydrogen-bond donors (Lipinski definition) is 0. The second-order valence-electron chi connectivity index (χ2n) is 5.00. The van der Waals surface area contributed by atoms with Crippen LogP contribution in [0.3, 0.4) is 0 Å². The third kappa shape index (κ3) is 3.12. The second kappa shape index (κ2) is 6.83. The van der Waals surface area contributed by atoms with E-state index in [-0.39, 0.29) is 0 Å². The molecule has 0 amide bonds. The summed E-state index contributed by atoms with van der Waals surface area (Å²) < 4.78 is 0. The minimum absolute atomic E-state index is 1.18. The molecule has 0 atom stereocenters. The van der Waals surface area contributed by atoms with Crippen LogP contribution in [0.2, 0.25) is 0 Å². The maximum Gasteiger partial charge on any atom is -0.0276 e. The van der Waals surface area contributed by atoms with Crippen LogP contribution in [-0.2, 0) is 25.7 Å². The summed E-state index contributed by atoms with van der Waals surface area (Å²) in [6, 6.07) is 2.45. The van der Waals surface area contributed by atoms with Crippen molar-refractivity contribution in [2.45, 2.75) is 73.1 Å². The zero-order valence-corrected chi connectivity index (χ0v) is 12.3. The largest absolute Gasteiger partial charge is 0.0651 e. The maximum absolute atomic E-state index is 2.45. The summed E-state index contributed by atoms with van der Waals surface area (Å²) in [6.45, 7) is 11.5. The molecule has 0 nitrogen and oxygen atoms in total. The Morgan fingerprint density at radius 2 is 1.35 bits per heavy atom. The monoisotopic (exact) mass is 232 g/mol. The van der Waals surface area contributed by atoms with Crippen molar-refractivity contribution in [3.05, 3.63) is 33.9 Å². The van der Waals surface area contributed by atoms with Crippen LogP contribution >= 0.6 is 0 Å². The standard InChI is InChI=1S/C17H28/c1-6-10-14-12-13(5)15(8-3)16(9-4)17(14)11-7-2/h12H,6-11H2,1-5H3. The first-order chi connectivity index (χ1) is 8.19. The molecule has 0 radical (unpaired) electrons. The molecule has 0 aromatic heterocycles. The summed E-state index contributed by atoms with van der Waals surface area (Å²) in [4.78, 5) is 0. The molecule has 0 saturated carbocycles. The van der Waals surface area contributed by atoms with Crippen LogP contribution in [0.4, 0.5) is 0 Å². The molecular weight excluding hydrogens is 204 g/mol. The van der Waals surface area contributed by atoms with E-state index >= 15 is 0 Å². The van der Waals surface area contributed by atoms with Crippen molar-refractivity contribution in [3.8, 4) is 0 Å². The van der Waals surface area contributed by atoms with Crippen LogP contribution in [0, 0.1) is 6.92 Å². The molecule has 0 aliphatic rings. The second-order valence-corrected chi connectivity index (χ2v) is 5.00. The van der Waals surface area contributed by atoms with E-state index in [1.165, 1.54) is 44.1 Å². The van der Waals surface area contributed by atoms with Gasteiger partial charge in [-0.15, -0.1) is 0 Å². The molecule has 0 bridgehead atoms. The fourth-order valence-corrected chi connectivity index (χ4v) is 3.02. The van der Waals surface area contributed by atoms with Gasteiger partial charge in [0.1, 0.15) is 0 Å². The van der Waals surface area contributed by atoms with Gasteiger partial charge in [0.15, 0.2) is 0 Å². The average Bonchev–Trinajstić information content (AvgIpc) is 2.32. The summed E-state index contributed by atoms with van der Waals surface area (Å²) in [6.07, 6.45) is 7.38. The average molecular weight is 232 g/mol. The van der Waals surface area contributed by atoms with Crippen LogP contribution in [0.15, 0.2) is 6.07 Å². The van der Waals surface area contributed by atoms with Gasteiger partial charge >= 0.3 is 0 Å². The molecule has 1 aromatic rings. The Bertz CT molecular complexity index is 361. The van der Waals surface area contributed by atoms with Crippen molar-refractivity contribution in [2.24, 2.45) is 0 Å². The van der Waals surface area contributed by atoms with Crippen molar-refractivity contribution in [1.82, 2.24) is 0 Å². The maximum atomic E-state index is 2.45. The highest BCUT2D eigenvalue weighted by molar-refractivity contribution is 5.46. The smallest absolute Gasteiger partial charge is 0.0276 e. The first-order valence-electron chi connectivity index (χ1n) is 7.32. The lowest BCUT2D eigenvalue weighted by atomic mass is 9.86. The molecule has 0 fully saturated rings. The van der Waals surface area contributed by atoms with Gasteiger partial charge < -0.3 is 0 Å². The van der Waals surface area contributed by atoms with Crippen LogP contribution in [0.5, 0.6) is 0 Å². The van der Waals surface area contributed by atoms with E-state index in [1.54, 1.807) is 22.3 Å². The van der Waals surface area contributed by atoms with Crippen LogP contribution in [-0.4, -0.2) is 0 Å². The minimum atomic E-state index is 1.18. The van der Waals surface area contributed by atoms with Crippen LogP contribution < -0.4 is 0 Å². The predicted octanol–water partition coefficient (Wildman–Crippen LogP) is 5.02. The van der Waals surface area contributed by atoms with Gasteiger partial charge in [-0.1, -0.05) is 46.6 Å². The highest BCUT2D eigenvalue weighted by Gasteiger charge is 2.12. The molecule has 17 heavy (non-hydrogen) atoms. The van der Waals surface area contributed by atoms with Crippen molar-refractivity contribution in [1.29, 1.82) is 0 Å². The van der Waals surface area contributed by atoms with Gasteiger partial charge in [0.2, 0.25) is 0 Å². The minimum Gasteiger partial charge on any atom is -0.0651 e. The summed E-state index contributed by atoms with van der Waals surface area (Å²) in [7, 11) is 0. The molecule has 0 N–H and O–H groups in total. The van der Waals surface area contributed by atoms with E-state index in [2.05, 4.69) is 40.7 Å². The molecule has 1 rings (SSSR count). The normalized spacial score (nSPS) is 10.9. The molecule has 0 heterocycles. The van der Waals surface area contributed by atoms with E-state index in [0.29, 0.717) is 0 Å². The first-order valence-corrected chi connectivity index (χ1v) is 7.32. The lowest BCUT2D eigenvalue weighted by molar-refractivity contribution is 0.832. The fourth-order valence-electron chi connectivity index (χ4n) is 3.02. The van der Waals surface area contributed by atoms with Gasteiger partial charge in [0, 0.05) is 0 Å². The summed E-state index contributed by atoms with van der Waals surface area (Å²) >= 11 is 0. The molecule has 1 aromatic carbocycles. The van der Waals surface area contributed by atoms with Gasteiger partial charge in [-0.05, 0) is 60.4 Å². The Morgan fingerprint density at radius 3 is 1.82 bits per heavy atom. The van der Waals surface area contributed by atoms with Gasteiger partial charge in [-0.2, -0.15) is 0 Å². The lowest BCUT2D eigenvalue weighted by Gasteiger charge is -2.19. The zero-order valence-electron chi connectivity index (χ0n) is 12.3. The Hall–Kier alpha value is -0.780. The number of rotatable bonds is 6. The highest BCUT2D eigenvalue weighted by Crippen LogP contribution is 2.26. The van der Waals surface area contributed by atoms with E-state index in [9.17, 15) is 0 Å².